The molecule has 1 spiro atoms. The molecule has 0 radical (unpaired) electrons. The summed E-state index contributed by atoms with van der Waals surface area (Å²) in [5.41, 5.74) is 0.755. The summed E-state index contributed by atoms with van der Waals surface area (Å²) < 4.78 is 0. The standard InChI is InChI=1S/C35H69N/c1-5-9-13-16-19-23-34(24-20-17-14-10-6-2)36-27-25-35(26-28-36)30-33(31-35)29-32(21-12-8-4)22-18-15-11-7-3/h32-34H,5-31H2,1-4H3. The summed E-state index contributed by atoms with van der Waals surface area (Å²) in [6.45, 7) is 12.2. The van der Waals surface area contributed by atoms with Gasteiger partial charge in [-0.1, -0.05) is 143 Å². The fourth-order valence-electron chi connectivity index (χ4n) is 7.78. The summed E-state index contributed by atoms with van der Waals surface area (Å²) in [4.78, 5) is 2.97. The molecule has 1 saturated carbocycles. The van der Waals surface area contributed by atoms with Gasteiger partial charge < -0.3 is 4.90 Å². The molecule has 1 aliphatic carbocycles. The molecule has 214 valence electrons. The van der Waals surface area contributed by atoms with Crippen molar-refractivity contribution in [2.45, 2.75) is 194 Å². The molecule has 1 saturated heterocycles. The van der Waals surface area contributed by atoms with Crippen LogP contribution in [0.25, 0.3) is 0 Å². The normalized spacial score (nSPS) is 19.2. The first kappa shape index (κ1) is 32.2. The van der Waals surface area contributed by atoms with Crippen LogP contribution in [-0.2, 0) is 0 Å². The first-order valence-electron chi connectivity index (χ1n) is 17.4. The zero-order valence-corrected chi connectivity index (χ0v) is 25.8. The lowest BCUT2D eigenvalue weighted by Crippen LogP contribution is -2.50. The summed E-state index contributed by atoms with van der Waals surface area (Å²) >= 11 is 0. The first-order valence-corrected chi connectivity index (χ1v) is 17.4. The minimum atomic E-state index is 0.755. The zero-order valence-electron chi connectivity index (χ0n) is 25.8. The monoisotopic (exact) mass is 504 g/mol. The third-order valence-electron chi connectivity index (χ3n) is 10.2. The third kappa shape index (κ3) is 12.7. The highest BCUT2D eigenvalue weighted by atomic mass is 15.2. The Bertz CT molecular complexity index is 469. The summed E-state index contributed by atoms with van der Waals surface area (Å²) in [6.07, 6.45) is 36.8. The number of hydrogen-bond donors (Lipinski definition) is 0. The summed E-state index contributed by atoms with van der Waals surface area (Å²) in [5, 5.41) is 0. The van der Waals surface area contributed by atoms with Crippen molar-refractivity contribution in [3.05, 3.63) is 0 Å². The van der Waals surface area contributed by atoms with E-state index in [1.165, 1.54) is 154 Å². The first-order chi connectivity index (χ1) is 17.7. The van der Waals surface area contributed by atoms with Crippen LogP contribution >= 0.6 is 0 Å². The smallest absolute Gasteiger partial charge is 0.00952 e. The molecule has 2 aliphatic rings. The second kappa shape index (κ2) is 19.9. The van der Waals surface area contributed by atoms with Crippen LogP contribution in [0.3, 0.4) is 0 Å². The van der Waals surface area contributed by atoms with E-state index in [1.54, 1.807) is 19.3 Å². The lowest BCUT2D eigenvalue weighted by molar-refractivity contribution is -0.0348. The molecule has 2 rings (SSSR count). The molecule has 1 heteroatoms. The van der Waals surface area contributed by atoms with E-state index in [1.807, 2.05) is 0 Å². The topological polar surface area (TPSA) is 3.24 Å². The van der Waals surface area contributed by atoms with E-state index >= 15 is 0 Å². The fourth-order valence-corrected chi connectivity index (χ4v) is 7.78. The second-order valence-corrected chi connectivity index (χ2v) is 13.5. The average molecular weight is 504 g/mol. The number of rotatable bonds is 23. The largest absolute Gasteiger partial charge is 0.300 e. The van der Waals surface area contributed by atoms with E-state index in [0.29, 0.717) is 0 Å². The van der Waals surface area contributed by atoms with Gasteiger partial charge in [-0.15, -0.1) is 0 Å². The molecule has 0 N–H and O–H groups in total. The maximum absolute atomic E-state index is 2.97. The van der Waals surface area contributed by atoms with Crippen molar-refractivity contribution >= 4 is 0 Å². The molecule has 0 aromatic rings. The summed E-state index contributed by atoms with van der Waals surface area (Å²) in [7, 11) is 0. The summed E-state index contributed by atoms with van der Waals surface area (Å²) in [5.74, 6) is 2.10. The SMILES string of the molecule is CCCCCCCC(CCCCCCC)N1CCC2(CC1)CC(CC(CCCC)CCCCCC)C2. The molecule has 0 aromatic heterocycles. The van der Waals surface area contributed by atoms with Crippen LogP contribution in [0.15, 0.2) is 0 Å². The van der Waals surface area contributed by atoms with Crippen LogP contribution in [0.5, 0.6) is 0 Å². The Kier molecular flexibility index (Phi) is 17.8. The van der Waals surface area contributed by atoms with Crippen molar-refractivity contribution in [2.75, 3.05) is 13.1 Å². The number of piperidine rings is 1. The molecule has 36 heavy (non-hydrogen) atoms. The van der Waals surface area contributed by atoms with Crippen molar-refractivity contribution in [1.82, 2.24) is 4.90 Å². The van der Waals surface area contributed by atoms with Crippen molar-refractivity contribution in [3.63, 3.8) is 0 Å². The van der Waals surface area contributed by atoms with E-state index in [0.717, 1.165) is 23.3 Å². The second-order valence-electron chi connectivity index (χ2n) is 13.5. The highest BCUT2D eigenvalue weighted by Gasteiger charge is 2.46. The van der Waals surface area contributed by atoms with Gasteiger partial charge in [0.1, 0.15) is 0 Å². The molecule has 2 fully saturated rings. The molecule has 1 aliphatic heterocycles. The van der Waals surface area contributed by atoms with Gasteiger partial charge in [0.15, 0.2) is 0 Å². The Morgan fingerprint density at radius 2 is 1.00 bits per heavy atom. The van der Waals surface area contributed by atoms with Gasteiger partial charge in [0.05, 0.1) is 0 Å². The van der Waals surface area contributed by atoms with Crippen LogP contribution in [0.1, 0.15) is 188 Å². The number of hydrogen-bond acceptors (Lipinski definition) is 1. The zero-order chi connectivity index (χ0) is 25.9. The van der Waals surface area contributed by atoms with Gasteiger partial charge in [0.2, 0.25) is 0 Å². The Morgan fingerprint density at radius 1 is 0.556 bits per heavy atom. The highest BCUT2D eigenvalue weighted by Crippen LogP contribution is 2.55. The predicted molar refractivity (Wildman–Crippen MR) is 163 cm³/mol. The van der Waals surface area contributed by atoms with Gasteiger partial charge in [-0.25, -0.2) is 0 Å². The maximum Gasteiger partial charge on any atom is 0.00952 e. The van der Waals surface area contributed by atoms with Crippen LogP contribution in [0.2, 0.25) is 0 Å². The van der Waals surface area contributed by atoms with Crippen LogP contribution < -0.4 is 0 Å². The number of likely N-dealkylation sites (tertiary alicyclic amines) is 1. The molecular weight excluding hydrogens is 434 g/mol. The lowest BCUT2D eigenvalue weighted by atomic mass is 9.55. The van der Waals surface area contributed by atoms with E-state index in [-0.39, 0.29) is 0 Å². The summed E-state index contributed by atoms with van der Waals surface area (Å²) in [6, 6.07) is 0.892. The molecule has 0 amide bonds. The van der Waals surface area contributed by atoms with E-state index in [4.69, 9.17) is 0 Å². The van der Waals surface area contributed by atoms with Gasteiger partial charge in [-0.3, -0.25) is 0 Å². The van der Waals surface area contributed by atoms with Gasteiger partial charge >= 0.3 is 0 Å². The van der Waals surface area contributed by atoms with Gasteiger partial charge in [0.25, 0.3) is 0 Å². The fraction of sp³-hybridized carbons (Fsp3) is 1.00. The third-order valence-corrected chi connectivity index (χ3v) is 10.2. The van der Waals surface area contributed by atoms with Crippen LogP contribution in [-0.4, -0.2) is 24.0 Å². The van der Waals surface area contributed by atoms with Crippen molar-refractivity contribution in [2.24, 2.45) is 17.3 Å². The van der Waals surface area contributed by atoms with Crippen molar-refractivity contribution < 1.29 is 0 Å². The van der Waals surface area contributed by atoms with E-state index < -0.39 is 0 Å². The van der Waals surface area contributed by atoms with Crippen molar-refractivity contribution in [1.29, 1.82) is 0 Å². The minimum absolute atomic E-state index is 0.755. The van der Waals surface area contributed by atoms with E-state index in [9.17, 15) is 0 Å². The highest BCUT2D eigenvalue weighted by molar-refractivity contribution is 4.98. The molecule has 1 heterocycles. The van der Waals surface area contributed by atoms with Gasteiger partial charge in [-0.2, -0.15) is 0 Å². The Hall–Kier alpha value is -0.0400. The minimum Gasteiger partial charge on any atom is -0.300 e. The molecule has 0 aromatic carbocycles. The van der Waals surface area contributed by atoms with Crippen molar-refractivity contribution in [3.8, 4) is 0 Å². The predicted octanol–water partition coefficient (Wildman–Crippen LogP) is 11.7. The van der Waals surface area contributed by atoms with Gasteiger partial charge in [-0.05, 0) is 75.3 Å². The molecule has 1 nitrogen and oxygen atoms in total. The van der Waals surface area contributed by atoms with Crippen LogP contribution in [0.4, 0.5) is 0 Å². The average Bonchev–Trinajstić information content (AvgIpc) is 2.87. The lowest BCUT2D eigenvalue weighted by Gasteiger charge is -2.54. The Labute approximate surface area is 229 Å². The number of nitrogens with zero attached hydrogens (tertiary/aromatic N) is 1. The molecule has 0 bridgehead atoms. The maximum atomic E-state index is 2.97. The quantitative estimate of drug-likeness (QED) is 0.125. The Morgan fingerprint density at radius 3 is 1.53 bits per heavy atom. The Balaban J connectivity index is 1.73. The molecular formula is C35H69N. The van der Waals surface area contributed by atoms with E-state index in [2.05, 4.69) is 32.6 Å². The number of unbranched alkanes of at least 4 members (excludes halogenated alkanes) is 12. The molecule has 1 unspecified atom stereocenters. The molecule has 1 atom stereocenters. The van der Waals surface area contributed by atoms with Gasteiger partial charge in [0, 0.05) is 6.04 Å². The van der Waals surface area contributed by atoms with Crippen LogP contribution in [0, 0.1) is 17.3 Å².